The maximum Gasteiger partial charge on any atom is 0.256 e. The minimum atomic E-state index is -0.649. The summed E-state index contributed by atoms with van der Waals surface area (Å²) in [6, 6.07) is 1.01. The molecule has 17 heavy (non-hydrogen) atoms. The lowest BCUT2D eigenvalue weighted by molar-refractivity contribution is -0.135. The second-order valence-electron chi connectivity index (χ2n) is 3.52. The van der Waals surface area contributed by atoms with Gasteiger partial charge in [-0.1, -0.05) is 0 Å². The lowest BCUT2D eigenvalue weighted by Crippen LogP contribution is -2.53. The molecular formula is C10H8FN3O3. The third-order valence-corrected chi connectivity index (χ3v) is 2.19. The Morgan fingerprint density at radius 2 is 1.94 bits per heavy atom. The van der Waals surface area contributed by atoms with Crippen molar-refractivity contribution in [3.63, 3.8) is 0 Å². The summed E-state index contributed by atoms with van der Waals surface area (Å²) in [5.41, 5.74) is 0.00694. The van der Waals surface area contributed by atoms with Crippen LogP contribution in [0.2, 0.25) is 0 Å². The van der Waals surface area contributed by atoms with Crippen molar-refractivity contribution >= 4 is 17.7 Å². The van der Waals surface area contributed by atoms with E-state index in [0.717, 1.165) is 17.2 Å². The van der Waals surface area contributed by atoms with E-state index in [-0.39, 0.29) is 18.7 Å². The zero-order valence-electron chi connectivity index (χ0n) is 8.64. The lowest BCUT2D eigenvalue weighted by atomic mass is 10.2. The molecule has 1 N–H and O–H groups in total. The molecule has 3 amide bonds. The predicted octanol–water partition coefficient (Wildman–Crippen LogP) is -0.681. The fourth-order valence-electron chi connectivity index (χ4n) is 1.49. The van der Waals surface area contributed by atoms with Crippen LogP contribution in [0.3, 0.4) is 0 Å². The first-order chi connectivity index (χ1) is 8.06. The predicted molar refractivity (Wildman–Crippen MR) is 53.2 cm³/mol. The van der Waals surface area contributed by atoms with Crippen LogP contribution in [0.1, 0.15) is 10.4 Å². The molecule has 0 radical (unpaired) electrons. The van der Waals surface area contributed by atoms with E-state index in [0.29, 0.717) is 0 Å². The van der Waals surface area contributed by atoms with Crippen LogP contribution < -0.4 is 5.32 Å². The van der Waals surface area contributed by atoms with Gasteiger partial charge in [0.25, 0.3) is 5.91 Å². The van der Waals surface area contributed by atoms with Crippen molar-refractivity contribution in [1.29, 1.82) is 0 Å². The van der Waals surface area contributed by atoms with Crippen LogP contribution in [0.15, 0.2) is 18.5 Å². The number of imide groups is 1. The van der Waals surface area contributed by atoms with Gasteiger partial charge in [0.1, 0.15) is 18.9 Å². The summed E-state index contributed by atoms with van der Waals surface area (Å²) >= 11 is 0. The molecule has 7 heteroatoms. The van der Waals surface area contributed by atoms with E-state index >= 15 is 0 Å². The van der Waals surface area contributed by atoms with Gasteiger partial charge >= 0.3 is 0 Å². The topological polar surface area (TPSA) is 79.4 Å². The molecule has 0 aromatic carbocycles. The van der Waals surface area contributed by atoms with Gasteiger partial charge in [-0.25, -0.2) is 4.39 Å². The standard InChI is InChI=1S/C10H8FN3O3/c11-7-1-6(2-12-3-7)10(17)14-4-8(15)13-9(16)5-14/h1-3H,4-5H2,(H,13,15,16). The zero-order valence-corrected chi connectivity index (χ0v) is 8.64. The molecule has 1 aromatic heterocycles. The van der Waals surface area contributed by atoms with Crippen LogP contribution >= 0.6 is 0 Å². The SMILES string of the molecule is O=C1CN(C(=O)c2cncc(F)c2)CC(=O)N1. The van der Waals surface area contributed by atoms with Crippen LogP contribution in [-0.4, -0.2) is 40.7 Å². The molecule has 1 aliphatic heterocycles. The Bertz CT molecular complexity index is 487. The third-order valence-electron chi connectivity index (χ3n) is 2.19. The van der Waals surface area contributed by atoms with Gasteiger partial charge in [-0.2, -0.15) is 0 Å². The number of hydrogen-bond acceptors (Lipinski definition) is 4. The van der Waals surface area contributed by atoms with Gasteiger partial charge < -0.3 is 4.90 Å². The first kappa shape index (κ1) is 11.2. The van der Waals surface area contributed by atoms with Gasteiger partial charge in [0, 0.05) is 6.20 Å². The normalized spacial score (nSPS) is 15.7. The minimum Gasteiger partial charge on any atom is -0.320 e. The van der Waals surface area contributed by atoms with E-state index in [1.807, 2.05) is 0 Å². The smallest absolute Gasteiger partial charge is 0.256 e. The molecule has 0 aliphatic carbocycles. The second kappa shape index (κ2) is 4.28. The van der Waals surface area contributed by atoms with E-state index in [1.165, 1.54) is 6.20 Å². The number of halogens is 1. The molecule has 6 nitrogen and oxygen atoms in total. The summed E-state index contributed by atoms with van der Waals surface area (Å²) < 4.78 is 12.9. The maximum atomic E-state index is 12.9. The first-order valence-corrected chi connectivity index (χ1v) is 4.79. The van der Waals surface area contributed by atoms with E-state index in [1.54, 1.807) is 0 Å². The van der Waals surface area contributed by atoms with Crippen LogP contribution in [0.5, 0.6) is 0 Å². The Hall–Kier alpha value is -2.31. The monoisotopic (exact) mass is 237 g/mol. The largest absolute Gasteiger partial charge is 0.320 e. The van der Waals surface area contributed by atoms with Gasteiger partial charge in [-0.3, -0.25) is 24.7 Å². The molecule has 1 aliphatic rings. The van der Waals surface area contributed by atoms with Gasteiger partial charge in [-0.15, -0.1) is 0 Å². The third kappa shape index (κ3) is 2.44. The summed E-state index contributed by atoms with van der Waals surface area (Å²) in [6.07, 6.45) is 2.15. The van der Waals surface area contributed by atoms with Crippen molar-refractivity contribution < 1.29 is 18.8 Å². The highest BCUT2D eigenvalue weighted by molar-refractivity contribution is 6.05. The average molecular weight is 237 g/mol. The molecule has 2 heterocycles. The molecule has 1 aromatic rings. The number of amides is 3. The number of aromatic nitrogens is 1. The van der Waals surface area contributed by atoms with Gasteiger partial charge in [0.05, 0.1) is 11.8 Å². The van der Waals surface area contributed by atoms with E-state index in [9.17, 15) is 18.8 Å². The van der Waals surface area contributed by atoms with Crippen molar-refractivity contribution in [2.45, 2.75) is 0 Å². The number of rotatable bonds is 1. The number of hydrogen-bond donors (Lipinski definition) is 1. The Morgan fingerprint density at radius 3 is 2.53 bits per heavy atom. The molecule has 88 valence electrons. The summed E-state index contributed by atoms with van der Waals surface area (Å²) in [5, 5.41) is 2.07. The highest BCUT2D eigenvalue weighted by Crippen LogP contribution is 2.07. The number of nitrogens with zero attached hydrogens (tertiary/aromatic N) is 2. The molecule has 1 saturated heterocycles. The molecule has 0 spiro atoms. The minimum absolute atomic E-state index is 0.00694. The van der Waals surface area contributed by atoms with Crippen molar-refractivity contribution in [2.24, 2.45) is 0 Å². The van der Waals surface area contributed by atoms with Gasteiger partial charge in [0.15, 0.2) is 0 Å². The maximum absolute atomic E-state index is 12.9. The molecule has 0 saturated carbocycles. The molecule has 2 rings (SSSR count). The number of carbonyl (C=O) groups is 3. The highest BCUT2D eigenvalue weighted by atomic mass is 19.1. The van der Waals surface area contributed by atoms with Crippen molar-refractivity contribution in [2.75, 3.05) is 13.1 Å². The lowest BCUT2D eigenvalue weighted by Gasteiger charge is -2.25. The molecular weight excluding hydrogens is 229 g/mol. The van der Waals surface area contributed by atoms with Crippen LogP contribution in [-0.2, 0) is 9.59 Å². The number of piperazine rings is 1. The van der Waals surface area contributed by atoms with Crippen LogP contribution in [0, 0.1) is 5.82 Å². The zero-order chi connectivity index (χ0) is 12.4. The Morgan fingerprint density at radius 1 is 1.29 bits per heavy atom. The Kier molecular flexibility index (Phi) is 2.82. The van der Waals surface area contributed by atoms with Crippen molar-refractivity contribution in [1.82, 2.24) is 15.2 Å². The number of pyridine rings is 1. The summed E-state index contributed by atoms with van der Waals surface area (Å²) in [4.78, 5) is 38.5. The molecule has 0 bridgehead atoms. The average Bonchev–Trinajstić information content (AvgIpc) is 2.26. The van der Waals surface area contributed by atoms with Crippen molar-refractivity contribution in [3.8, 4) is 0 Å². The first-order valence-electron chi connectivity index (χ1n) is 4.79. The summed E-state index contributed by atoms with van der Waals surface area (Å²) in [5.74, 6) is -2.36. The highest BCUT2D eigenvalue weighted by Gasteiger charge is 2.27. The number of nitrogens with one attached hydrogen (secondary N) is 1. The fourth-order valence-corrected chi connectivity index (χ4v) is 1.49. The van der Waals surface area contributed by atoms with Crippen molar-refractivity contribution in [3.05, 3.63) is 29.8 Å². The van der Waals surface area contributed by atoms with E-state index in [4.69, 9.17) is 0 Å². The van der Waals surface area contributed by atoms with E-state index in [2.05, 4.69) is 10.3 Å². The molecule has 1 fully saturated rings. The van der Waals surface area contributed by atoms with Gasteiger partial charge in [-0.05, 0) is 6.07 Å². The second-order valence-corrected chi connectivity index (χ2v) is 3.52. The van der Waals surface area contributed by atoms with Crippen LogP contribution in [0.4, 0.5) is 4.39 Å². The van der Waals surface area contributed by atoms with E-state index < -0.39 is 23.5 Å². The number of carbonyl (C=O) groups excluding carboxylic acids is 3. The fraction of sp³-hybridized carbons (Fsp3) is 0.200. The summed E-state index contributed by atoms with van der Waals surface area (Å²) in [6.45, 7) is -0.442. The molecule has 0 atom stereocenters. The van der Waals surface area contributed by atoms with Crippen LogP contribution in [0.25, 0.3) is 0 Å². The molecule has 0 unspecified atom stereocenters. The quantitative estimate of drug-likeness (QED) is 0.656. The Labute approximate surface area is 95.4 Å². The Balaban J connectivity index is 2.20. The van der Waals surface area contributed by atoms with Gasteiger partial charge in [0.2, 0.25) is 11.8 Å². The summed E-state index contributed by atoms with van der Waals surface area (Å²) in [7, 11) is 0.